The zero-order valence-corrected chi connectivity index (χ0v) is 12.1. The Morgan fingerprint density at radius 1 is 0.773 bits per heavy atom. The zero-order valence-electron chi connectivity index (χ0n) is 12.1. The van der Waals surface area contributed by atoms with Crippen molar-refractivity contribution in [3.8, 4) is 17.2 Å². The smallest absolute Gasteiger partial charge is 0.160 e. The fraction of sp³-hybridized carbons (Fsp3) is 0.0625. The highest BCUT2D eigenvalue weighted by molar-refractivity contribution is 5.37. The van der Waals surface area contributed by atoms with Gasteiger partial charge >= 0.3 is 0 Å². The van der Waals surface area contributed by atoms with Crippen LogP contribution >= 0.6 is 0 Å². The molecule has 1 heterocycles. The van der Waals surface area contributed by atoms with Gasteiger partial charge in [0.15, 0.2) is 11.5 Å². The molecule has 0 amide bonds. The predicted molar refractivity (Wildman–Crippen MR) is 82.6 cm³/mol. The molecule has 1 aromatic heterocycles. The summed E-state index contributed by atoms with van der Waals surface area (Å²) in [6.07, 6.45) is 3.15. The van der Waals surface area contributed by atoms with Gasteiger partial charge in [-0.2, -0.15) is 0 Å². The van der Waals surface area contributed by atoms with Crippen LogP contribution in [-0.2, 0) is 0 Å². The molecule has 0 saturated heterocycles. The lowest BCUT2D eigenvalue weighted by Crippen LogP contribution is -1.80. The van der Waals surface area contributed by atoms with Gasteiger partial charge in [0.05, 0.1) is 19.5 Å². The molecule has 0 saturated carbocycles. The van der Waals surface area contributed by atoms with Crippen LogP contribution in [0.1, 0.15) is 0 Å². The van der Waals surface area contributed by atoms with Crippen molar-refractivity contribution in [3.63, 3.8) is 0 Å². The minimum atomic E-state index is 0.181. The van der Waals surface area contributed by atoms with Gasteiger partial charge in [0, 0.05) is 0 Å². The van der Waals surface area contributed by atoms with Crippen LogP contribution in [0.5, 0.6) is 17.2 Å². The number of nitrogens with zero attached hydrogens (tertiary/aromatic N) is 3. The normalized spacial score (nSPS) is 8.59. The van der Waals surface area contributed by atoms with Crippen LogP contribution in [0, 0.1) is 0 Å². The van der Waals surface area contributed by atoms with Crippen LogP contribution in [0.15, 0.2) is 73.1 Å². The second-order valence-corrected chi connectivity index (χ2v) is 3.82. The number of aromatic hydroxyl groups is 2. The number of phenolic OH excluding ortho intramolecular Hbond substituents is 2. The van der Waals surface area contributed by atoms with E-state index in [0.717, 1.165) is 0 Å². The largest absolute Gasteiger partial charge is 0.508 e. The fourth-order valence-electron chi connectivity index (χ4n) is 1.26. The minimum Gasteiger partial charge on any atom is -0.508 e. The number of aromatic nitrogens is 3. The van der Waals surface area contributed by atoms with Crippen LogP contribution < -0.4 is 4.74 Å². The molecule has 0 bridgehead atoms. The first kappa shape index (κ1) is 16.9. The Morgan fingerprint density at radius 3 is 1.68 bits per heavy atom. The van der Waals surface area contributed by atoms with Gasteiger partial charge in [-0.25, -0.2) is 0 Å². The van der Waals surface area contributed by atoms with Gasteiger partial charge in [0.2, 0.25) is 0 Å². The number of benzene rings is 2. The Labute approximate surface area is 128 Å². The molecule has 3 aromatic rings. The van der Waals surface area contributed by atoms with Gasteiger partial charge < -0.3 is 14.9 Å². The average Bonchev–Trinajstić information content (AvgIpc) is 2.59. The molecule has 0 aliphatic rings. The number of para-hydroxylation sites is 3. The molecule has 0 fully saturated rings. The lowest BCUT2D eigenvalue weighted by Gasteiger charge is -1.99. The summed E-state index contributed by atoms with van der Waals surface area (Å²) in [6.45, 7) is 0. The molecule has 2 N–H and O–H groups in total. The predicted octanol–water partition coefficient (Wildman–Crippen LogP) is 2.66. The highest BCUT2D eigenvalue weighted by atomic mass is 16.5. The first-order valence-electron chi connectivity index (χ1n) is 6.38. The quantitative estimate of drug-likeness (QED) is 0.718. The summed E-state index contributed by atoms with van der Waals surface area (Å²) in [5.74, 6) is 1.01. The molecule has 0 radical (unpaired) electrons. The maximum atomic E-state index is 8.99. The molecule has 0 aliphatic heterocycles. The van der Waals surface area contributed by atoms with Crippen LogP contribution in [-0.4, -0.2) is 32.7 Å². The lowest BCUT2D eigenvalue weighted by molar-refractivity contribution is 0.373. The van der Waals surface area contributed by atoms with E-state index in [4.69, 9.17) is 14.9 Å². The van der Waals surface area contributed by atoms with Gasteiger partial charge in [-0.15, -0.1) is 10.2 Å². The fourth-order valence-corrected chi connectivity index (χ4v) is 1.26. The summed E-state index contributed by atoms with van der Waals surface area (Å²) in [6, 6.07) is 17.3. The third-order valence-electron chi connectivity index (χ3n) is 2.25. The second-order valence-electron chi connectivity index (χ2n) is 3.82. The summed E-state index contributed by atoms with van der Waals surface area (Å²) >= 11 is 0. The Kier molecular flexibility index (Phi) is 8.16. The topological polar surface area (TPSA) is 88.4 Å². The van der Waals surface area contributed by atoms with E-state index >= 15 is 0 Å². The summed E-state index contributed by atoms with van der Waals surface area (Å²) in [5.41, 5.74) is 0. The maximum Gasteiger partial charge on any atom is 0.160 e. The molecule has 0 spiro atoms. The van der Waals surface area contributed by atoms with E-state index < -0.39 is 0 Å². The third-order valence-corrected chi connectivity index (χ3v) is 2.25. The minimum absolute atomic E-state index is 0.181. The van der Waals surface area contributed by atoms with Crippen molar-refractivity contribution in [2.45, 2.75) is 0 Å². The van der Waals surface area contributed by atoms with Crippen LogP contribution in [0.4, 0.5) is 0 Å². The second kappa shape index (κ2) is 10.6. The first-order chi connectivity index (χ1) is 10.7. The van der Waals surface area contributed by atoms with E-state index in [1.807, 2.05) is 6.07 Å². The Hall–Kier alpha value is -3.15. The van der Waals surface area contributed by atoms with Gasteiger partial charge in [0.1, 0.15) is 5.75 Å². The number of rotatable bonds is 1. The highest BCUT2D eigenvalue weighted by Gasteiger charge is 1.94. The average molecular weight is 299 g/mol. The van der Waals surface area contributed by atoms with E-state index in [-0.39, 0.29) is 5.75 Å². The molecule has 0 unspecified atom stereocenters. The van der Waals surface area contributed by atoms with Crippen LogP contribution in [0.3, 0.4) is 0 Å². The summed E-state index contributed by atoms with van der Waals surface area (Å²) in [4.78, 5) is 0. The highest BCUT2D eigenvalue weighted by Crippen LogP contribution is 2.22. The number of phenols is 2. The van der Waals surface area contributed by atoms with Gasteiger partial charge in [-0.1, -0.05) is 30.3 Å². The van der Waals surface area contributed by atoms with Gasteiger partial charge in [-0.3, -0.25) is 0 Å². The van der Waals surface area contributed by atoms with Crippen LogP contribution in [0.25, 0.3) is 0 Å². The van der Waals surface area contributed by atoms with E-state index in [1.165, 1.54) is 7.11 Å². The van der Waals surface area contributed by atoms with Crippen LogP contribution in [0.2, 0.25) is 0 Å². The van der Waals surface area contributed by atoms with E-state index in [1.54, 1.807) is 67.0 Å². The monoisotopic (exact) mass is 299 g/mol. The molecule has 3 rings (SSSR count). The molecule has 22 heavy (non-hydrogen) atoms. The van der Waals surface area contributed by atoms with Crippen molar-refractivity contribution < 1.29 is 14.9 Å². The van der Waals surface area contributed by atoms with E-state index in [0.29, 0.717) is 11.5 Å². The molecule has 2 aromatic carbocycles. The van der Waals surface area contributed by atoms with E-state index in [2.05, 4.69) is 15.4 Å². The SMILES string of the molecule is COc1ccccc1O.Oc1ccccc1.c1cnnnc1. The van der Waals surface area contributed by atoms with Crippen molar-refractivity contribution >= 4 is 0 Å². The van der Waals surface area contributed by atoms with Gasteiger partial charge in [-0.05, 0) is 35.5 Å². The van der Waals surface area contributed by atoms with Crippen molar-refractivity contribution in [1.29, 1.82) is 0 Å². The molecular formula is C16H17N3O3. The first-order valence-corrected chi connectivity index (χ1v) is 6.38. The lowest BCUT2D eigenvalue weighted by atomic mass is 10.3. The Bertz CT molecular complexity index is 595. The van der Waals surface area contributed by atoms with Crippen molar-refractivity contribution in [2.24, 2.45) is 0 Å². The standard InChI is InChI=1S/C7H8O2.C6H6O.C3H3N3/c1-9-7-5-3-2-4-6(7)8;7-6-4-2-1-3-5-6;1-2-4-6-5-3-1/h2-5,8H,1H3;1-5,7H;1-3H. The molecule has 0 aliphatic carbocycles. The molecule has 0 atom stereocenters. The number of ether oxygens (including phenoxy) is 1. The maximum absolute atomic E-state index is 8.99. The Morgan fingerprint density at radius 2 is 1.36 bits per heavy atom. The molecule has 114 valence electrons. The third kappa shape index (κ3) is 7.44. The summed E-state index contributed by atoms with van der Waals surface area (Å²) < 4.78 is 4.79. The molecule has 6 nitrogen and oxygen atoms in total. The summed E-state index contributed by atoms with van der Waals surface area (Å²) in [7, 11) is 1.52. The molecule has 6 heteroatoms. The van der Waals surface area contributed by atoms with Gasteiger partial charge in [0.25, 0.3) is 0 Å². The number of methoxy groups -OCH3 is 1. The Balaban J connectivity index is 0.000000169. The van der Waals surface area contributed by atoms with Crippen molar-refractivity contribution in [3.05, 3.63) is 73.1 Å². The van der Waals surface area contributed by atoms with Crippen molar-refractivity contribution in [2.75, 3.05) is 7.11 Å². The number of hydrogen-bond donors (Lipinski definition) is 2. The number of hydrogen-bond acceptors (Lipinski definition) is 6. The van der Waals surface area contributed by atoms with E-state index in [9.17, 15) is 0 Å². The van der Waals surface area contributed by atoms with Crippen molar-refractivity contribution in [1.82, 2.24) is 15.4 Å². The molecular weight excluding hydrogens is 282 g/mol. The summed E-state index contributed by atoms with van der Waals surface area (Å²) in [5, 5.41) is 27.7. The zero-order chi connectivity index (χ0) is 16.0.